The van der Waals surface area contributed by atoms with Crippen LogP contribution in [0.2, 0.25) is 0 Å². The second-order valence-corrected chi connectivity index (χ2v) is 15.0. The second-order valence-electron chi connectivity index (χ2n) is 15.0. The zero-order valence-corrected chi connectivity index (χ0v) is 23.5. The van der Waals surface area contributed by atoms with E-state index in [2.05, 4.69) is 48.1 Å². The highest BCUT2D eigenvalue weighted by molar-refractivity contribution is 5.66. The minimum Gasteiger partial charge on any atom is -0.462 e. The summed E-state index contributed by atoms with van der Waals surface area (Å²) >= 11 is 0. The summed E-state index contributed by atoms with van der Waals surface area (Å²) in [7, 11) is 0. The summed E-state index contributed by atoms with van der Waals surface area (Å²) in [6, 6.07) is 0. The van der Waals surface area contributed by atoms with E-state index in [0.717, 1.165) is 32.1 Å². The molecule has 0 aromatic carbocycles. The predicted molar refractivity (Wildman–Crippen MR) is 141 cm³/mol. The largest absolute Gasteiger partial charge is 0.462 e. The van der Waals surface area contributed by atoms with E-state index in [4.69, 9.17) is 4.74 Å². The first-order valence-corrected chi connectivity index (χ1v) is 14.6. The minimum atomic E-state index is -0.134. The highest BCUT2D eigenvalue weighted by Gasteiger charge is 2.71. The topological polar surface area (TPSA) is 43.4 Å². The molecule has 0 aliphatic heterocycles. The van der Waals surface area contributed by atoms with Crippen LogP contribution in [0.1, 0.15) is 113 Å². The Kier molecular flexibility index (Phi) is 5.79. The standard InChI is InChI=1S/C32H50O3/c1-20(2)22-11-16-32(19-33)18-17-30(7)23(27(22)32)9-10-25-29(6)14-13-26(35-21(3)34)28(4,5)24(29)12-15-31(25,30)8/h19,22-27H,1,9-18H2,2-8H3/t22-,23+,24+,25+,26+,27+,29-,30+,31+,32+/m0/s1. The molecule has 0 aromatic rings. The van der Waals surface area contributed by atoms with Crippen molar-refractivity contribution in [2.75, 3.05) is 0 Å². The Hall–Kier alpha value is -1.12. The van der Waals surface area contributed by atoms with Gasteiger partial charge in [0.2, 0.25) is 0 Å². The first-order chi connectivity index (χ1) is 16.3. The molecule has 5 rings (SSSR count). The zero-order chi connectivity index (χ0) is 25.6. The molecule has 3 heteroatoms. The van der Waals surface area contributed by atoms with Crippen LogP contribution in [0.4, 0.5) is 0 Å². The fourth-order valence-corrected chi connectivity index (χ4v) is 11.8. The molecule has 0 heterocycles. The van der Waals surface area contributed by atoms with E-state index in [1.165, 1.54) is 44.0 Å². The number of carbonyl (C=O) groups excluding carboxylic acids is 2. The monoisotopic (exact) mass is 482 g/mol. The summed E-state index contributed by atoms with van der Waals surface area (Å²) in [5.74, 6) is 2.76. The highest BCUT2D eigenvalue weighted by Crippen LogP contribution is 2.77. The molecule has 0 saturated heterocycles. The van der Waals surface area contributed by atoms with Crippen molar-refractivity contribution in [1.82, 2.24) is 0 Å². The quantitative estimate of drug-likeness (QED) is 0.234. The number of aldehydes is 1. The Morgan fingerprint density at radius 2 is 1.54 bits per heavy atom. The van der Waals surface area contributed by atoms with Crippen molar-refractivity contribution in [3.8, 4) is 0 Å². The third-order valence-electron chi connectivity index (χ3n) is 13.6. The molecule has 196 valence electrons. The van der Waals surface area contributed by atoms with Gasteiger partial charge in [-0.2, -0.15) is 0 Å². The van der Waals surface area contributed by atoms with Crippen molar-refractivity contribution in [1.29, 1.82) is 0 Å². The van der Waals surface area contributed by atoms with Crippen LogP contribution in [-0.2, 0) is 14.3 Å². The molecule has 5 aliphatic rings. The molecule has 5 fully saturated rings. The van der Waals surface area contributed by atoms with Crippen molar-refractivity contribution in [3.05, 3.63) is 12.2 Å². The molecule has 0 aromatic heterocycles. The number of rotatable bonds is 3. The lowest BCUT2D eigenvalue weighted by molar-refractivity contribution is -0.247. The van der Waals surface area contributed by atoms with E-state index in [1.54, 1.807) is 6.92 Å². The fourth-order valence-electron chi connectivity index (χ4n) is 11.8. The van der Waals surface area contributed by atoms with E-state index in [0.29, 0.717) is 35.0 Å². The van der Waals surface area contributed by atoms with Crippen LogP contribution in [0.3, 0.4) is 0 Å². The predicted octanol–water partition coefficient (Wildman–Crippen LogP) is 7.77. The fraction of sp³-hybridized carbons (Fsp3) is 0.875. The number of carbonyl (C=O) groups is 2. The maximum atomic E-state index is 12.6. The van der Waals surface area contributed by atoms with Crippen molar-refractivity contribution in [2.45, 2.75) is 119 Å². The van der Waals surface area contributed by atoms with E-state index in [9.17, 15) is 9.59 Å². The van der Waals surface area contributed by atoms with E-state index in [1.807, 2.05) is 0 Å². The lowest BCUT2D eigenvalue weighted by Gasteiger charge is -2.72. The van der Waals surface area contributed by atoms with Crippen LogP contribution in [0.15, 0.2) is 12.2 Å². The van der Waals surface area contributed by atoms with E-state index in [-0.39, 0.29) is 33.7 Å². The Balaban J connectivity index is 1.51. The molecule has 35 heavy (non-hydrogen) atoms. The normalized spacial score (nSPS) is 52.3. The molecule has 0 spiro atoms. The molecule has 5 aliphatic carbocycles. The summed E-state index contributed by atoms with van der Waals surface area (Å²) in [5, 5.41) is 0. The third-order valence-corrected chi connectivity index (χ3v) is 13.6. The van der Waals surface area contributed by atoms with E-state index < -0.39 is 0 Å². The number of hydrogen-bond acceptors (Lipinski definition) is 3. The highest BCUT2D eigenvalue weighted by atomic mass is 16.5. The van der Waals surface area contributed by atoms with Crippen molar-refractivity contribution in [3.63, 3.8) is 0 Å². The Morgan fingerprint density at radius 1 is 0.829 bits per heavy atom. The summed E-state index contributed by atoms with van der Waals surface area (Å²) in [5.41, 5.74) is 2.05. The molecule has 0 radical (unpaired) electrons. The van der Waals surface area contributed by atoms with Gasteiger partial charge in [-0.15, -0.1) is 0 Å². The molecule has 10 atom stereocenters. The maximum absolute atomic E-state index is 12.6. The number of allylic oxidation sites excluding steroid dienone is 1. The Bertz CT molecular complexity index is 920. The molecule has 5 saturated carbocycles. The van der Waals surface area contributed by atoms with Gasteiger partial charge >= 0.3 is 5.97 Å². The summed E-state index contributed by atoms with van der Waals surface area (Å²) in [4.78, 5) is 24.5. The lowest BCUT2D eigenvalue weighted by Crippen LogP contribution is -2.66. The van der Waals surface area contributed by atoms with Gasteiger partial charge in [-0.3, -0.25) is 4.79 Å². The van der Waals surface area contributed by atoms with Gasteiger partial charge in [0, 0.05) is 17.8 Å². The maximum Gasteiger partial charge on any atom is 0.302 e. The lowest BCUT2D eigenvalue weighted by atomic mass is 9.32. The zero-order valence-electron chi connectivity index (χ0n) is 23.5. The summed E-state index contributed by atoms with van der Waals surface area (Å²) in [6.45, 7) is 20.8. The molecule has 0 bridgehead atoms. The summed E-state index contributed by atoms with van der Waals surface area (Å²) < 4.78 is 5.89. The molecule has 0 unspecified atom stereocenters. The van der Waals surface area contributed by atoms with Crippen LogP contribution >= 0.6 is 0 Å². The van der Waals surface area contributed by atoms with Gasteiger partial charge in [0.05, 0.1) is 0 Å². The van der Waals surface area contributed by atoms with Crippen molar-refractivity contribution in [2.24, 2.45) is 56.7 Å². The number of fused-ring (bicyclic) bond motifs is 7. The molecular weight excluding hydrogens is 432 g/mol. The first kappa shape index (κ1) is 25.5. The number of esters is 1. The second kappa shape index (κ2) is 7.94. The average molecular weight is 483 g/mol. The average Bonchev–Trinajstić information content (AvgIpc) is 3.16. The van der Waals surface area contributed by atoms with Crippen LogP contribution < -0.4 is 0 Å². The third kappa shape index (κ3) is 3.21. The van der Waals surface area contributed by atoms with Crippen molar-refractivity contribution < 1.29 is 14.3 Å². The van der Waals surface area contributed by atoms with Gasteiger partial charge in [-0.05, 0) is 117 Å². The SMILES string of the molecule is C=C(C)[C@@H]1CC[C@]2(C=O)CC[C@]3(C)[C@H](CC[C@@H]4[C@@]5(C)CC[C@@H](OC(C)=O)C(C)(C)[C@H]5CC[C@]43C)[C@@H]12. The van der Waals surface area contributed by atoms with Gasteiger partial charge in [0.15, 0.2) is 0 Å². The molecule has 3 nitrogen and oxygen atoms in total. The molecule has 0 N–H and O–H groups in total. The smallest absolute Gasteiger partial charge is 0.302 e. The van der Waals surface area contributed by atoms with Crippen LogP contribution in [0.5, 0.6) is 0 Å². The van der Waals surface area contributed by atoms with Gasteiger partial charge < -0.3 is 9.53 Å². The van der Waals surface area contributed by atoms with Gasteiger partial charge in [-0.25, -0.2) is 0 Å². The van der Waals surface area contributed by atoms with Crippen LogP contribution in [0.25, 0.3) is 0 Å². The number of ether oxygens (including phenoxy) is 1. The Labute approximate surface area is 214 Å². The van der Waals surface area contributed by atoms with Crippen LogP contribution in [0, 0.1) is 56.7 Å². The minimum absolute atomic E-state index is 0.00743. The first-order valence-electron chi connectivity index (χ1n) is 14.6. The number of hydrogen-bond donors (Lipinski definition) is 0. The van der Waals surface area contributed by atoms with Crippen LogP contribution in [-0.4, -0.2) is 18.4 Å². The van der Waals surface area contributed by atoms with Gasteiger partial charge in [-0.1, -0.05) is 46.8 Å². The Morgan fingerprint density at radius 3 is 2.17 bits per heavy atom. The molecular formula is C32H50O3. The summed E-state index contributed by atoms with van der Waals surface area (Å²) in [6.07, 6.45) is 13.1. The van der Waals surface area contributed by atoms with Crippen molar-refractivity contribution >= 4 is 12.3 Å². The van der Waals surface area contributed by atoms with E-state index >= 15 is 0 Å². The van der Waals surface area contributed by atoms with Gasteiger partial charge in [0.1, 0.15) is 12.4 Å². The van der Waals surface area contributed by atoms with Gasteiger partial charge in [0.25, 0.3) is 0 Å². The molecule has 0 amide bonds.